The first kappa shape index (κ1) is 10.2. The molecule has 0 spiro atoms. The number of hydrogen-bond donors (Lipinski definition) is 1. The third-order valence-corrected chi connectivity index (χ3v) is 3.30. The van der Waals surface area contributed by atoms with Gasteiger partial charge in [-0.3, -0.25) is 0 Å². The topological polar surface area (TPSA) is 59.3 Å². The molecule has 0 aliphatic rings. The minimum atomic E-state index is -3.31. The summed E-state index contributed by atoms with van der Waals surface area (Å²) in [6, 6.07) is 7.09. The smallest absolute Gasteiger partial charge is 0.236 e. The average Bonchev–Trinajstić information content (AvgIpc) is 2.55. The summed E-state index contributed by atoms with van der Waals surface area (Å²) < 4.78 is 24.1. The molecule has 0 unspecified atom stereocenters. The first-order valence-corrected chi connectivity index (χ1v) is 6.29. The van der Waals surface area contributed by atoms with Gasteiger partial charge in [0.25, 0.3) is 0 Å². The molecule has 4 nitrogen and oxygen atoms in total. The Morgan fingerprint density at radius 1 is 1.33 bits per heavy atom. The van der Waals surface area contributed by atoms with Crippen molar-refractivity contribution in [2.75, 3.05) is 6.26 Å². The lowest BCUT2D eigenvalue weighted by atomic mass is 10.2. The van der Waals surface area contributed by atoms with Crippen molar-refractivity contribution in [1.82, 2.24) is 3.97 Å². The second kappa shape index (κ2) is 3.36. The third kappa shape index (κ3) is 1.64. The van der Waals surface area contributed by atoms with Crippen molar-refractivity contribution in [3.63, 3.8) is 0 Å². The molecule has 1 aromatic heterocycles. The van der Waals surface area contributed by atoms with Crippen LogP contribution in [0.25, 0.3) is 10.9 Å². The summed E-state index contributed by atoms with van der Waals surface area (Å²) in [5.74, 6) is 0. The molecule has 5 heteroatoms. The number of aromatic nitrogens is 1. The van der Waals surface area contributed by atoms with Gasteiger partial charge in [0.05, 0.1) is 18.4 Å². The Labute approximate surface area is 87.8 Å². The standard InChI is InChI=1S/C10H11NO3S/c1-15(13,14)11-6-8(7-12)9-4-2-3-5-10(9)11/h2-6,12H,7H2,1H3. The first-order valence-electron chi connectivity index (χ1n) is 4.44. The summed E-state index contributed by atoms with van der Waals surface area (Å²) in [4.78, 5) is 0. The van der Waals surface area contributed by atoms with Gasteiger partial charge in [-0.05, 0) is 6.07 Å². The Morgan fingerprint density at radius 3 is 2.60 bits per heavy atom. The Morgan fingerprint density at radius 2 is 2.00 bits per heavy atom. The van der Waals surface area contributed by atoms with E-state index in [0.717, 1.165) is 11.6 Å². The van der Waals surface area contributed by atoms with Crippen LogP contribution in [-0.4, -0.2) is 23.8 Å². The molecule has 0 amide bonds. The van der Waals surface area contributed by atoms with Gasteiger partial charge in [-0.25, -0.2) is 12.4 Å². The van der Waals surface area contributed by atoms with Gasteiger partial charge in [0, 0.05) is 17.1 Å². The molecule has 0 aliphatic heterocycles. The van der Waals surface area contributed by atoms with E-state index in [1.165, 1.54) is 10.2 Å². The number of aliphatic hydroxyl groups excluding tert-OH is 1. The summed E-state index contributed by atoms with van der Waals surface area (Å²) in [7, 11) is -3.31. The zero-order valence-corrected chi connectivity index (χ0v) is 9.03. The minimum absolute atomic E-state index is 0.164. The van der Waals surface area contributed by atoms with E-state index < -0.39 is 10.0 Å². The Hall–Kier alpha value is -1.33. The fourth-order valence-corrected chi connectivity index (χ4v) is 2.45. The second-order valence-electron chi connectivity index (χ2n) is 3.39. The maximum atomic E-state index is 11.5. The van der Waals surface area contributed by atoms with Crippen LogP contribution in [-0.2, 0) is 16.6 Å². The van der Waals surface area contributed by atoms with Crippen molar-refractivity contribution in [3.05, 3.63) is 36.0 Å². The minimum Gasteiger partial charge on any atom is -0.392 e. The average molecular weight is 225 g/mol. The molecule has 15 heavy (non-hydrogen) atoms. The monoisotopic (exact) mass is 225 g/mol. The third-order valence-electron chi connectivity index (χ3n) is 2.29. The van der Waals surface area contributed by atoms with Crippen LogP contribution in [0.15, 0.2) is 30.5 Å². The molecule has 0 aliphatic carbocycles. The molecule has 2 aromatic rings. The van der Waals surface area contributed by atoms with Gasteiger partial charge in [-0.1, -0.05) is 18.2 Å². The molecule has 0 atom stereocenters. The van der Waals surface area contributed by atoms with E-state index in [4.69, 9.17) is 5.11 Å². The zero-order valence-electron chi connectivity index (χ0n) is 8.21. The maximum Gasteiger partial charge on any atom is 0.236 e. The van der Waals surface area contributed by atoms with Crippen molar-refractivity contribution >= 4 is 20.9 Å². The van der Waals surface area contributed by atoms with E-state index in [1.807, 2.05) is 6.07 Å². The van der Waals surface area contributed by atoms with Crippen LogP contribution in [0.2, 0.25) is 0 Å². The van der Waals surface area contributed by atoms with E-state index in [2.05, 4.69) is 0 Å². The molecular weight excluding hydrogens is 214 g/mol. The maximum absolute atomic E-state index is 11.5. The van der Waals surface area contributed by atoms with E-state index >= 15 is 0 Å². The molecule has 0 saturated heterocycles. The largest absolute Gasteiger partial charge is 0.392 e. The van der Waals surface area contributed by atoms with Gasteiger partial charge >= 0.3 is 0 Å². The van der Waals surface area contributed by atoms with Crippen LogP contribution in [0.4, 0.5) is 0 Å². The summed E-state index contributed by atoms with van der Waals surface area (Å²) in [6.45, 7) is -0.164. The summed E-state index contributed by atoms with van der Waals surface area (Å²) in [6.07, 6.45) is 2.60. The molecule has 1 aromatic carbocycles. The molecule has 0 fully saturated rings. The SMILES string of the molecule is CS(=O)(=O)n1cc(CO)c2ccccc21. The van der Waals surface area contributed by atoms with Crippen LogP contribution >= 0.6 is 0 Å². The Balaban J connectivity index is 2.88. The quantitative estimate of drug-likeness (QED) is 0.827. The van der Waals surface area contributed by atoms with Crippen molar-refractivity contribution in [2.45, 2.75) is 6.61 Å². The number of hydrogen-bond acceptors (Lipinski definition) is 3. The van der Waals surface area contributed by atoms with Gasteiger partial charge in [0.2, 0.25) is 10.0 Å². The van der Waals surface area contributed by atoms with Gasteiger partial charge in [-0.2, -0.15) is 0 Å². The Bertz CT molecular complexity index is 598. The van der Waals surface area contributed by atoms with Crippen molar-refractivity contribution in [1.29, 1.82) is 0 Å². The van der Waals surface area contributed by atoms with Crippen molar-refractivity contribution in [2.24, 2.45) is 0 Å². The molecule has 0 radical (unpaired) electrons. The molecule has 2 rings (SSSR count). The van der Waals surface area contributed by atoms with Crippen LogP contribution < -0.4 is 0 Å². The first-order chi connectivity index (χ1) is 7.04. The van der Waals surface area contributed by atoms with Crippen molar-refractivity contribution < 1.29 is 13.5 Å². The van der Waals surface area contributed by atoms with E-state index in [1.54, 1.807) is 18.2 Å². The van der Waals surface area contributed by atoms with Gasteiger partial charge in [-0.15, -0.1) is 0 Å². The van der Waals surface area contributed by atoms with Crippen LogP contribution in [0.5, 0.6) is 0 Å². The molecule has 1 heterocycles. The van der Waals surface area contributed by atoms with Gasteiger partial charge in [0.1, 0.15) is 0 Å². The summed E-state index contributed by atoms with van der Waals surface area (Å²) in [5, 5.41) is 9.88. The lowest BCUT2D eigenvalue weighted by Gasteiger charge is -2.00. The number of rotatable bonds is 2. The van der Waals surface area contributed by atoms with Crippen molar-refractivity contribution in [3.8, 4) is 0 Å². The predicted molar refractivity (Wildman–Crippen MR) is 58.1 cm³/mol. The number of aliphatic hydroxyl groups is 1. The predicted octanol–water partition coefficient (Wildman–Crippen LogP) is 0.941. The highest BCUT2D eigenvalue weighted by atomic mass is 32.2. The highest BCUT2D eigenvalue weighted by molar-refractivity contribution is 7.89. The Kier molecular flexibility index (Phi) is 2.28. The number of nitrogens with zero attached hydrogens (tertiary/aromatic N) is 1. The van der Waals surface area contributed by atoms with Crippen LogP contribution in [0.3, 0.4) is 0 Å². The highest BCUT2D eigenvalue weighted by Crippen LogP contribution is 2.22. The molecule has 0 saturated carbocycles. The second-order valence-corrected chi connectivity index (χ2v) is 5.25. The summed E-state index contributed by atoms with van der Waals surface area (Å²) in [5.41, 5.74) is 1.22. The van der Waals surface area contributed by atoms with E-state index in [0.29, 0.717) is 11.1 Å². The van der Waals surface area contributed by atoms with Crippen LogP contribution in [0, 0.1) is 0 Å². The fraction of sp³-hybridized carbons (Fsp3) is 0.200. The van der Waals surface area contributed by atoms with E-state index in [-0.39, 0.29) is 6.61 Å². The molecule has 0 bridgehead atoms. The zero-order chi connectivity index (χ0) is 11.1. The fourth-order valence-electron chi connectivity index (χ4n) is 1.62. The number of benzene rings is 1. The highest BCUT2D eigenvalue weighted by Gasteiger charge is 2.13. The normalized spacial score (nSPS) is 12.1. The van der Waals surface area contributed by atoms with Gasteiger partial charge < -0.3 is 5.11 Å². The summed E-state index contributed by atoms with van der Waals surface area (Å²) >= 11 is 0. The molecule has 80 valence electrons. The lowest BCUT2D eigenvalue weighted by Crippen LogP contribution is -2.08. The lowest BCUT2D eigenvalue weighted by molar-refractivity contribution is 0.283. The molecule has 1 N–H and O–H groups in total. The number of para-hydroxylation sites is 1. The van der Waals surface area contributed by atoms with E-state index in [9.17, 15) is 8.42 Å². The number of fused-ring (bicyclic) bond motifs is 1. The van der Waals surface area contributed by atoms with Crippen LogP contribution in [0.1, 0.15) is 5.56 Å². The van der Waals surface area contributed by atoms with Gasteiger partial charge in [0.15, 0.2) is 0 Å². The molecular formula is C10H11NO3S.